The lowest BCUT2D eigenvalue weighted by Crippen LogP contribution is -2.08. The first-order valence-corrected chi connectivity index (χ1v) is 5.82. The highest BCUT2D eigenvalue weighted by Gasteiger charge is 2.42. The molecule has 1 aromatic carbocycles. The Morgan fingerprint density at radius 1 is 1.39 bits per heavy atom. The number of fused-ring (bicyclic) bond motifs is 1. The summed E-state index contributed by atoms with van der Waals surface area (Å²) in [6.45, 7) is 0.650. The number of H-pyrrole nitrogens is 2. The van der Waals surface area contributed by atoms with E-state index in [4.69, 9.17) is 5.11 Å². The minimum atomic E-state index is -0.716. The summed E-state index contributed by atoms with van der Waals surface area (Å²) < 4.78 is 0. The molecule has 0 aliphatic heterocycles. The van der Waals surface area contributed by atoms with Crippen LogP contribution in [0.1, 0.15) is 6.42 Å². The Balaban J connectivity index is 1.68. The molecular weight excluding hydrogens is 234 g/mol. The molecule has 4 N–H and O–H groups in total. The van der Waals surface area contributed by atoms with Crippen molar-refractivity contribution < 1.29 is 9.90 Å². The number of carboxylic acid groups (broad SMARTS) is 1. The number of aromatic nitrogens is 2. The van der Waals surface area contributed by atoms with Gasteiger partial charge >= 0.3 is 11.7 Å². The number of imidazole rings is 1. The lowest BCUT2D eigenvalue weighted by molar-refractivity contribution is -0.138. The largest absolute Gasteiger partial charge is 0.481 e. The number of carbonyl (C=O) groups is 1. The van der Waals surface area contributed by atoms with Crippen LogP contribution in [-0.2, 0) is 4.79 Å². The van der Waals surface area contributed by atoms with Gasteiger partial charge in [-0.2, -0.15) is 0 Å². The van der Waals surface area contributed by atoms with E-state index in [1.54, 1.807) is 0 Å². The Hall–Kier alpha value is -2.24. The van der Waals surface area contributed by atoms with Crippen LogP contribution in [0.5, 0.6) is 0 Å². The Kier molecular flexibility index (Phi) is 2.36. The quantitative estimate of drug-likeness (QED) is 0.647. The average Bonchev–Trinajstić information content (AvgIpc) is 3.01. The van der Waals surface area contributed by atoms with Crippen molar-refractivity contribution in [3.8, 4) is 0 Å². The molecule has 1 aromatic heterocycles. The highest BCUT2D eigenvalue weighted by atomic mass is 16.4. The number of aliphatic carboxylic acids is 1. The highest BCUT2D eigenvalue weighted by molar-refractivity contribution is 5.78. The Bertz CT molecular complexity index is 658. The van der Waals surface area contributed by atoms with Gasteiger partial charge in [0.05, 0.1) is 17.0 Å². The van der Waals surface area contributed by atoms with Gasteiger partial charge in [0.1, 0.15) is 0 Å². The second-order valence-electron chi connectivity index (χ2n) is 4.66. The number of benzene rings is 1. The molecule has 1 aliphatic carbocycles. The third-order valence-electron chi connectivity index (χ3n) is 3.32. The molecule has 6 heteroatoms. The number of carboxylic acids is 1. The molecule has 6 nitrogen and oxygen atoms in total. The molecule has 0 bridgehead atoms. The normalized spacial score (nSPS) is 22.0. The molecule has 18 heavy (non-hydrogen) atoms. The summed E-state index contributed by atoms with van der Waals surface area (Å²) in [4.78, 5) is 27.1. The van der Waals surface area contributed by atoms with Gasteiger partial charge in [-0.15, -0.1) is 0 Å². The number of hydrogen-bond donors (Lipinski definition) is 4. The summed E-state index contributed by atoms with van der Waals surface area (Å²) >= 11 is 0. The van der Waals surface area contributed by atoms with E-state index in [-0.39, 0.29) is 17.5 Å². The zero-order valence-corrected chi connectivity index (χ0v) is 9.56. The van der Waals surface area contributed by atoms with Crippen LogP contribution < -0.4 is 11.0 Å². The molecule has 1 saturated carbocycles. The lowest BCUT2D eigenvalue weighted by Gasteiger charge is -2.05. The third-order valence-corrected chi connectivity index (χ3v) is 3.32. The van der Waals surface area contributed by atoms with Gasteiger partial charge in [0.15, 0.2) is 0 Å². The van der Waals surface area contributed by atoms with Crippen molar-refractivity contribution in [2.24, 2.45) is 11.8 Å². The minimum Gasteiger partial charge on any atom is -0.481 e. The first kappa shape index (κ1) is 10.9. The highest BCUT2D eigenvalue weighted by Crippen LogP contribution is 2.38. The molecule has 2 atom stereocenters. The summed E-state index contributed by atoms with van der Waals surface area (Å²) in [6.07, 6.45) is 0.742. The monoisotopic (exact) mass is 247 g/mol. The fraction of sp³-hybridized carbons (Fsp3) is 0.333. The van der Waals surface area contributed by atoms with Gasteiger partial charge in [-0.05, 0) is 30.5 Å². The van der Waals surface area contributed by atoms with Crippen LogP contribution in [0.3, 0.4) is 0 Å². The predicted octanol–water partition coefficient (Wildman–Crippen LogP) is 0.989. The van der Waals surface area contributed by atoms with E-state index in [9.17, 15) is 9.59 Å². The maximum atomic E-state index is 11.1. The molecule has 0 radical (unpaired) electrons. The summed E-state index contributed by atoms with van der Waals surface area (Å²) in [5.74, 6) is -0.705. The molecular formula is C12H13N3O3. The van der Waals surface area contributed by atoms with Gasteiger partial charge in [0.25, 0.3) is 0 Å². The van der Waals surface area contributed by atoms with E-state index in [0.29, 0.717) is 6.54 Å². The van der Waals surface area contributed by atoms with Crippen molar-refractivity contribution in [1.82, 2.24) is 9.97 Å². The Morgan fingerprint density at radius 3 is 2.89 bits per heavy atom. The SMILES string of the molecule is O=C(O)C1CC1CNc1ccc2[nH]c(=O)[nH]c2c1. The summed E-state index contributed by atoms with van der Waals surface area (Å²) in [6, 6.07) is 5.52. The van der Waals surface area contributed by atoms with E-state index in [0.717, 1.165) is 23.1 Å². The van der Waals surface area contributed by atoms with Gasteiger partial charge < -0.3 is 20.4 Å². The third kappa shape index (κ3) is 1.97. The first-order chi connectivity index (χ1) is 8.63. The second-order valence-corrected chi connectivity index (χ2v) is 4.66. The fourth-order valence-corrected chi connectivity index (χ4v) is 2.17. The van der Waals surface area contributed by atoms with Crippen molar-refractivity contribution in [2.75, 3.05) is 11.9 Å². The van der Waals surface area contributed by atoms with Crippen LogP contribution >= 0.6 is 0 Å². The molecule has 0 spiro atoms. The Labute approximate surface area is 102 Å². The molecule has 1 aliphatic rings. The maximum absolute atomic E-state index is 11.1. The topological polar surface area (TPSA) is 98.0 Å². The standard InChI is InChI=1S/C12H13N3O3/c16-11(17)8-3-6(8)5-13-7-1-2-9-10(4-7)15-12(18)14-9/h1-2,4,6,8,13H,3,5H2,(H,16,17)(H2,14,15,18). The molecule has 0 saturated heterocycles. The van der Waals surface area contributed by atoms with Gasteiger partial charge in [0.2, 0.25) is 0 Å². The van der Waals surface area contributed by atoms with Crippen LogP contribution in [0.2, 0.25) is 0 Å². The molecule has 0 amide bonds. The summed E-state index contributed by atoms with van der Waals surface area (Å²) in [5.41, 5.74) is 2.17. The smallest absolute Gasteiger partial charge is 0.323 e. The van der Waals surface area contributed by atoms with Gasteiger partial charge in [0, 0.05) is 12.2 Å². The van der Waals surface area contributed by atoms with E-state index in [1.807, 2.05) is 18.2 Å². The zero-order valence-electron chi connectivity index (χ0n) is 9.56. The zero-order chi connectivity index (χ0) is 12.7. The van der Waals surface area contributed by atoms with Crippen molar-refractivity contribution in [1.29, 1.82) is 0 Å². The number of anilines is 1. The molecule has 2 unspecified atom stereocenters. The fourth-order valence-electron chi connectivity index (χ4n) is 2.17. The van der Waals surface area contributed by atoms with Crippen LogP contribution in [0.15, 0.2) is 23.0 Å². The van der Waals surface area contributed by atoms with Crippen LogP contribution in [0, 0.1) is 11.8 Å². The van der Waals surface area contributed by atoms with Crippen molar-refractivity contribution in [3.05, 3.63) is 28.7 Å². The van der Waals surface area contributed by atoms with Gasteiger partial charge in [-0.1, -0.05) is 0 Å². The maximum Gasteiger partial charge on any atom is 0.323 e. The average molecular weight is 247 g/mol. The summed E-state index contributed by atoms with van der Waals surface area (Å²) in [7, 11) is 0. The Morgan fingerprint density at radius 2 is 2.17 bits per heavy atom. The van der Waals surface area contributed by atoms with Crippen molar-refractivity contribution in [2.45, 2.75) is 6.42 Å². The molecule has 1 heterocycles. The van der Waals surface area contributed by atoms with Crippen LogP contribution in [-0.4, -0.2) is 27.6 Å². The van der Waals surface area contributed by atoms with E-state index >= 15 is 0 Å². The number of rotatable bonds is 4. The van der Waals surface area contributed by atoms with Crippen LogP contribution in [0.25, 0.3) is 11.0 Å². The molecule has 3 rings (SSSR count). The van der Waals surface area contributed by atoms with E-state index < -0.39 is 5.97 Å². The number of nitrogens with one attached hydrogen (secondary N) is 3. The number of aromatic amines is 2. The molecule has 2 aromatic rings. The second kappa shape index (κ2) is 3.90. The number of hydrogen-bond acceptors (Lipinski definition) is 3. The van der Waals surface area contributed by atoms with E-state index in [2.05, 4.69) is 15.3 Å². The van der Waals surface area contributed by atoms with Crippen LogP contribution in [0.4, 0.5) is 5.69 Å². The van der Waals surface area contributed by atoms with Gasteiger partial charge in [-0.3, -0.25) is 4.79 Å². The lowest BCUT2D eigenvalue weighted by atomic mass is 10.2. The minimum absolute atomic E-state index is 0.201. The molecule has 94 valence electrons. The molecule has 1 fully saturated rings. The van der Waals surface area contributed by atoms with Gasteiger partial charge in [-0.25, -0.2) is 4.79 Å². The van der Waals surface area contributed by atoms with Crippen molar-refractivity contribution >= 4 is 22.7 Å². The van der Waals surface area contributed by atoms with Crippen molar-refractivity contribution in [3.63, 3.8) is 0 Å². The first-order valence-electron chi connectivity index (χ1n) is 5.82. The predicted molar refractivity (Wildman–Crippen MR) is 66.6 cm³/mol. The summed E-state index contributed by atoms with van der Waals surface area (Å²) in [5, 5.41) is 12.0. The van der Waals surface area contributed by atoms with E-state index in [1.165, 1.54) is 0 Å².